The van der Waals surface area contributed by atoms with E-state index in [4.69, 9.17) is 0 Å². The average Bonchev–Trinajstić information content (AvgIpc) is 2.56. The van der Waals surface area contributed by atoms with Crippen molar-refractivity contribution in [2.75, 3.05) is 19.6 Å². The zero-order chi connectivity index (χ0) is 16.1. The first-order valence-electron chi connectivity index (χ1n) is 8.15. The third-order valence-electron chi connectivity index (χ3n) is 4.34. The molecule has 1 aromatic carbocycles. The van der Waals surface area contributed by atoms with Crippen LogP contribution in [-0.4, -0.2) is 33.0 Å². The maximum absolute atomic E-state index is 12.3. The Morgan fingerprint density at radius 1 is 1.26 bits per heavy atom. The van der Waals surface area contributed by atoms with E-state index < -0.39 is 10.0 Å². The van der Waals surface area contributed by atoms with E-state index in [-0.39, 0.29) is 5.75 Å². The van der Waals surface area contributed by atoms with Gasteiger partial charge in [-0.15, -0.1) is 0 Å². The molecule has 0 radical (unpaired) electrons. The van der Waals surface area contributed by atoms with Gasteiger partial charge >= 0.3 is 0 Å². The molecule has 1 fully saturated rings. The zero-order valence-electron chi connectivity index (χ0n) is 13.2. The highest BCUT2D eigenvalue weighted by Gasteiger charge is 2.16. The van der Waals surface area contributed by atoms with Crippen molar-refractivity contribution < 1.29 is 8.42 Å². The molecular formula is C17H23N3O2S. The van der Waals surface area contributed by atoms with Crippen molar-refractivity contribution in [3.63, 3.8) is 0 Å². The van der Waals surface area contributed by atoms with Crippen LogP contribution in [0.2, 0.25) is 0 Å². The minimum atomic E-state index is -3.34. The SMILES string of the molecule is O=S(=O)(Cc1cccc2cccnc12)NCCC1CCCNC1. The van der Waals surface area contributed by atoms with Gasteiger partial charge in [0.05, 0.1) is 11.3 Å². The number of aromatic nitrogens is 1. The van der Waals surface area contributed by atoms with E-state index in [9.17, 15) is 8.42 Å². The smallest absolute Gasteiger partial charge is 0.215 e. The minimum Gasteiger partial charge on any atom is -0.316 e. The van der Waals surface area contributed by atoms with E-state index >= 15 is 0 Å². The van der Waals surface area contributed by atoms with E-state index in [2.05, 4.69) is 15.0 Å². The molecule has 3 rings (SSSR count). The van der Waals surface area contributed by atoms with Crippen LogP contribution in [0.25, 0.3) is 10.9 Å². The van der Waals surface area contributed by atoms with Crippen molar-refractivity contribution in [2.45, 2.75) is 25.0 Å². The summed E-state index contributed by atoms with van der Waals surface area (Å²) in [7, 11) is -3.34. The number of fused-ring (bicyclic) bond motifs is 1. The monoisotopic (exact) mass is 333 g/mol. The predicted molar refractivity (Wildman–Crippen MR) is 92.6 cm³/mol. The molecule has 1 saturated heterocycles. The molecular weight excluding hydrogens is 310 g/mol. The minimum absolute atomic E-state index is 0.0235. The Morgan fingerprint density at radius 3 is 2.96 bits per heavy atom. The largest absolute Gasteiger partial charge is 0.316 e. The molecule has 1 aliphatic rings. The molecule has 2 heterocycles. The van der Waals surface area contributed by atoms with E-state index in [0.717, 1.165) is 36.0 Å². The number of hydrogen-bond acceptors (Lipinski definition) is 4. The molecule has 0 spiro atoms. The lowest BCUT2D eigenvalue weighted by atomic mass is 9.96. The van der Waals surface area contributed by atoms with Crippen LogP contribution in [-0.2, 0) is 15.8 Å². The number of hydrogen-bond donors (Lipinski definition) is 2. The van der Waals surface area contributed by atoms with Gasteiger partial charge in [0.1, 0.15) is 0 Å². The van der Waals surface area contributed by atoms with Gasteiger partial charge in [0, 0.05) is 18.1 Å². The van der Waals surface area contributed by atoms with Crippen LogP contribution in [0, 0.1) is 5.92 Å². The molecule has 124 valence electrons. The molecule has 1 unspecified atom stereocenters. The third-order valence-corrected chi connectivity index (χ3v) is 5.67. The van der Waals surface area contributed by atoms with Crippen LogP contribution >= 0.6 is 0 Å². The van der Waals surface area contributed by atoms with Crippen LogP contribution in [0.15, 0.2) is 36.5 Å². The quantitative estimate of drug-likeness (QED) is 0.849. The Hall–Kier alpha value is -1.50. The molecule has 0 saturated carbocycles. The molecule has 2 N–H and O–H groups in total. The molecule has 0 amide bonds. The van der Waals surface area contributed by atoms with Crippen molar-refractivity contribution in [2.24, 2.45) is 5.92 Å². The van der Waals surface area contributed by atoms with E-state index in [1.54, 1.807) is 6.20 Å². The van der Waals surface area contributed by atoms with Crippen LogP contribution in [0.5, 0.6) is 0 Å². The lowest BCUT2D eigenvalue weighted by Crippen LogP contribution is -2.33. The second-order valence-corrected chi connectivity index (χ2v) is 7.95. The van der Waals surface area contributed by atoms with E-state index in [0.29, 0.717) is 12.5 Å². The normalized spacial score (nSPS) is 19.0. The van der Waals surface area contributed by atoms with E-state index in [1.165, 1.54) is 12.8 Å². The van der Waals surface area contributed by atoms with Gasteiger partial charge in [0.25, 0.3) is 0 Å². The van der Waals surface area contributed by atoms with Gasteiger partial charge in [0.2, 0.25) is 10.0 Å². The maximum Gasteiger partial charge on any atom is 0.215 e. The molecule has 1 aliphatic heterocycles. The van der Waals surface area contributed by atoms with Gasteiger partial charge in [-0.05, 0) is 49.9 Å². The molecule has 1 aromatic heterocycles. The molecule has 6 heteroatoms. The topological polar surface area (TPSA) is 71.1 Å². The van der Waals surface area contributed by atoms with Gasteiger partial charge in [-0.3, -0.25) is 4.98 Å². The first-order valence-corrected chi connectivity index (χ1v) is 9.80. The van der Waals surface area contributed by atoms with Crippen LogP contribution in [0.1, 0.15) is 24.8 Å². The van der Waals surface area contributed by atoms with Crippen LogP contribution < -0.4 is 10.0 Å². The highest BCUT2D eigenvalue weighted by molar-refractivity contribution is 7.88. The number of para-hydroxylation sites is 1. The standard InChI is InChI=1S/C17H23N3O2S/c21-23(22,20-11-8-14-4-2-9-18-12-14)13-16-6-1-5-15-7-3-10-19-17(15)16/h1,3,5-7,10,14,18,20H,2,4,8-9,11-13H2. The first-order chi connectivity index (χ1) is 11.1. The fraction of sp³-hybridized carbons (Fsp3) is 0.471. The van der Waals surface area contributed by atoms with Crippen molar-refractivity contribution in [3.8, 4) is 0 Å². The lowest BCUT2D eigenvalue weighted by molar-refractivity contribution is 0.358. The van der Waals surface area contributed by atoms with Gasteiger partial charge in [0.15, 0.2) is 0 Å². The number of piperidine rings is 1. The van der Waals surface area contributed by atoms with E-state index in [1.807, 2.05) is 30.3 Å². The van der Waals surface area contributed by atoms with Crippen molar-refractivity contribution in [3.05, 3.63) is 42.1 Å². The van der Waals surface area contributed by atoms with Gasteiger partial charge in [-0.25, -0.2) is 13.1 Å². The van der Waals surface area contributed by atoms with Crippen LogP contribution in [0.4, 0.5) is 0 Å². The summed E-state index contributed by atoms with van der Waals surface area (Å²) in [5.74, 6) is 0.551. The highest BCUT2D eigenvalue weighted by atomic mass is 32.2. The fourth-order valence-corrected chi connectivity index (χ4v) is 4.30. The predicted octanol–water partition coefficient (Wildman–Crippen LogP) is 2.04. The maximum atomic E-state index is 12.3. The number of benzene rings is 1. The van der Waals surface area contributed by atoms with Gasteiger partial charge in [-0.1, -0.05) is 24.3 Å². The summed E-state index contributed by atoms with van der Waals surface area (Å²) in [5, 5.41) is 4.32. The van der Waals surface area contributed by atoms with Crippen molar-refractivity contribution >= 4 is 20.9 Å². The molecule has 2 aromatic rings. The molecule has 5 nitrogen and oxygen atoms in total. The molecule has 1 atom stereocenters. The van der Waals surface area contributed by atoms with Crippen molar-refractivity contribution in [1.82, 2.24) is 15.0 Å². The lowest BCUT2D eigenvalue weighted by Gasteiger charge is -2.22. The summed E-state index contributed by atoms with van der Waals surface area (Å²) in [6.45, 7) is 2.58. The zero-order valence-corrected chi connectivity index (χ0v) is 14.0. The Labute approximate surface area is 137 Å². The van der Waals surface area contributed by atoms with Gasteiger partial charge < -0.3 is 5.32 Å². The number of pyridine rings is 1. The Morgan fingerprint density at radius 2 is 2.13 bits per heavy atom. The molecule has 0 bridgehead atoms. The molecule has 23 heavy (non-hydrogen) atoms. The summed E-state index contributed by atoms with van der Waals surface area (Å²) in [4.78, 5) is 4.32. The van der Waals surface area contributed by atoms with Gasteiger partial charge in [-0.2, -0.15) is 0 Å². The fourth-order valence-electron chi connectivity index (χ4n) is 3.13. The summed E-state index contributed by atoms with van der Waals surface area (Å²) >= 11 is 0. The summed E-state index contributed by atoms with van der Waals surface area (Å²) in [5.41, 5.74) is 1.51. The highest BCUT2D eigenvalue weighted by Crippen LogP contribution is 2.18. The summed E-state index contributed by atoms with van der Waals surface area (Å²) < 4.78 is 27.4. The second kappa shape index (κ2) is 7.38. The average molecular weight is 333 g/mol. The number of sulfonamides is 1. The summed E-state index contributed by atoms with van der Waals surface area (Å²) in [6, 6.07) is 9.46. The Kier molecular flexibility index (Phi) is 5.25. The Bertz CT molecular complexity index is 750. The number of rotatable bonds is 6. The van der Waals surface area contributed by atoms with Crippen molar-refractivity contribution in [1.29, 1.82) is 0 Å². The third kappa shape index (κ3) is 4.50. The first kappa shape index (κ1) is 16.4. The number of nitrogens with zero attached hydrogens (tertiary/aromatic N) is 1. The van der Waals surface area contributed by atoms with Crippen LogP contribution in [0.3, 0.4) is 0 Å². The second-order valence-electron chi connectivity index (χ2n) is 6.15. The number of nitrogens with one attached hydrogen (secondary N) is 2. The Balaban J connectivity index is 1.61. The summed E-state index contributed by atoms with van der Waals surface area (Å²) in [6.07, 6.45) is 4.95. The molecule has 0 aliphatic carbocycles.